The minimum Gasteiger partial charge on any atom is -0.351 e. The van der Waals surface area contributed by atoms with Gasteiger partial charge in [-0.1, -0.05) is 35.9 Å². The number of carbonyl (C=O) groups is 2. The molecule has 1 atom stereocenters. The van der Waals surface area contributed by atoms with Crippen LogP contribution >= 0.6 is 0 Å². The number of hydrogen-bond acceptors (Lipinski definition) is 2. The number of amides is 3. The van der Waals surface area contributed by atoms with Crippen LogP contribution in [0, 0.1) is 26.2 Å². The largest absolute Gasteiger partial charge is 0.351 e. The Hall–Kier alpha value is -2.82. The minimum absolute atomic E-state index is 0.00163. The Morgan fingerprint density at radius 1 is 1.03 bits per heavy atom. The first-order valence-electron chi connectivity index (χ1n) is 10.2. The molecule has 0 spiro atoms. The molecule has 2 aromatic rings. The van der Waals surface area contributed by atoms with Crippen LogP contribution in [-0.2, 0) is 11.3 Å². The maximum atomic E-state index is 12.9. The third-order valence-electron chi connectivity index (χ3n) is 5.86. The smallest absolute Gasteiger partial charge is 0.321 e. The van der Waals surface area contributed by atoms with E-state index in [0.717, 1.165) is 29.7 Å². The number of aryl methyl sites for hydroxylation is 3. The number of nitrogens with zero attached hydrogens (tertiary/aromatic N) is 1. The van der Waals surface area contributed by atoms with Crippen LogP contribution in [-0.4, -0.2) is 29.9 Å². The Kier molecular flexibility index (Phi) is 6.26. The molecular formula is C24H31N3O2. The zero-order valence-electron chi connectivity index (χ0n) is 17.8. The van der Waals surface area contributed by atoms with E-state index in [2.05, 4.69) is 10.6 Å². The lowest BCUT2D eigenvalue weighted by Crippen LogP contribution is -2.52. The molecule has 1 heterocycles. The molecule has 29 heavy (non-hydrogen) atoms. The van der Waals surface area contributed by atoms with Crippen molar-refractivity contribution >= 4 is 17.6 Å². The van der Waals surface area contributed by atoms with Crippen molar-refractivity contribution in [1.82, 2.24) is 10.2 Å². The van der Waals surface area contributed by atoms with E-state index in [0.29, 0.717) is 19.6 Å². The summed E-state index contributed by atoms with van der Waals surface area (Å²) in [6, 6.07) is 13.9. The number of nitrogens with one attached hydrogen (secondary N) is 2. The van der Waals surface area contributed by atoms with E-state index in [4.69, 9.17) is 0 Å². The first-order valence-corrected chi connectivity index (χ1v) is 10.2. The van der Waals surface area contributed by atoms with Gasteiger partial charge in [0, 0.05) is 25.3 Å². The Morgan fingerprint density at radius 2 is 1.76 bits per heavy atom. The third-order valence-corrected chi connectivity index (χ3v) is 5.86. The summed E-state index contributed by atoms with van der Waals surface area (Å²) in [6.45, 7) is 9.66. The van der Waals surface area contributed by atoms with Gasteiger partial charge in [-0.25, -0.2) is 4.79 Å². The lowest BCUT2D eigenvalue weighted by atomic mass is 9.81. The van der Waals surface area contributed by atoms with Gasteiger partial charge in [-0.3, -0.25) is 4.79 Å². The Balaban J connectivity index is 1.60. The predicted octanol–water partition coefficient (Wildman–Crippen LogP) is 4.56. The highest BCUT2D eigenvalue weighted by Gasteiger charge is 2.39. The number of piperidine rings is 1. The molecule has 0 bridgehead atoms. The van der Waals surface area contributed by atoms with Gasteiger partial charge in [0.05, 0.1) is 5.41 Å². The molecule has 0 aromatic heterocycles. The number of rotatable bonds is 4. The Labute approximate surface area is 173 Å². The summed E-state index contributed by atoms with van der Waals surface area (Å²) in [5.41, 5.74) is 4.82. The first-order chi connectivity index (χ1) is 13.8. The molecule has 3 rings (SSSR count). The van der Waals surface area contributed by atoms with E-state index in [-0.39, 0.29) is 11.9 Å². The van der Waals surface area contributed by atoms with Crippen molar-refractivity contribution in [3.8, 4) is 0 Å². The maximum Gasteiger partial charge on any atom is 0.321 e. The summed E-state index contributed by atoms with van der Waals surface area (Å²) in [4.78, 5) is 27.4. The van der Waals surface area contributed by atoms with E-state index < -0.39 is 5.41 Å². The number of carbonyl (C=O) groups excluding carboxylic acids is 2. The molecule has 2 N–H and O–H groups in total. The second kappa shape index (κ2) is 8.68. The fourth-order valence-electron chi connectivity index (χ4n) is 3.72. The van der Waals surface area contributed by atoms with E-state index in [9.17, 15) is 9.59 Å². The highest BCUT2D eigenvalue weighted by molar-refractivity contribution is 5.90. The molecule has 3 amide bonds. The van der Waals surface area contributed by atoms with Crippen molar-refractivity contribution in [2.45, 2.75) is 47.1 Å². The van der Waals surface area contributed by atoms with Gasteiger partial charge >= 0.3 is 6.03 Å². The van der Waals surface area contributed by atoms with Crippen LogP contribution < -0.4 is 10.6 Å². The molecule has 2 aromatic carbocycles. The van der Waals surface area contributed by atoms with Crippen LogP contribution in [0.25, 0.3) is 0 Å². The van der Waals surface area contributed by atoms with Crippen LogP contribution in [0.5, 0.6) is 0 Å². The summed E-state index contributed by atoms with van der Waals surface area (Å²) in [5.74, 6) is 0.00163. The number of likely N-dealkylation sites (tertiary alicyclic amines) is 1. The van der Waals surface area contributed by atoms with Crippen molar-refractivity contribution in [3.63, 3.8) is 0 Å². The zero-order chi connectivity index (χ0) is 21.0. The van der Waals surface area contributed by atoms with Crippen molar-refractivity contribution < 1.29 is 9.59 Å². The van der Waals surface area contributed by atoms with Crippen LogP contribution in [0.15, 0.2) is 42.5 Å². The van der Waals surface area contributed by atoms with Gasteiger partial charge in [0.15, 0.2) is 0 Å². The van der Waals surface area contributed by atoms with Gasteiger partial charge in [0.25, 0.3) is 0 Å². The molecule has 0 saturated carbocycles. The quantitative estimate of drug-likeness (QED) is 0.800. The summed E-state index contributed by atoms with van der Waals surface area (Å²) < 4.78 is 0. The number of hydrogen-bond donors (Lipinski definition) is 2. The van der Waals surface area contributed by atoms with Crippen LogP contribution in [0.4, 0.5) is 10.5 Å². The Bertz CT molecular complexity index is 891. The molecule has 5 heteroatoms. The molecule has 1 fully saturated rings. The predicted molar refractivity (Wildman–Crippen MR) is 117 cm³/mol. The summed E-state index contributed by atoms with van der Waals surface area (Å²) >= 11 is 0. The van der Waals surface area contributed by atoms with Crippen LogP contribution in [0.1, 0.15) is 42.0 Å². The normalized spacial score (nSPS) is 19.0. The molecule has 0 radical (unpaired) electrons. The van der Waals surface area contributed by atoms with E-state index in [1.54, 1.807) is 4.90 Å². The van der Waals surface area contributed by atoms with Gasteiger partial charge in [0.1, 0.15) is 0 Å². The molecule has 1 aliphatic rings. The van der Waals surface area contributed by atoms with Crippen molar-refractivity contribution in [1.29, 1.82) is 0 Å². The maximum absolute atomic E-state index is 12.9. The zero-order valence-corrected chi connectivity index (χ0v) is 17.8. The van der Waals surface area contributed by atoms with Gasteiger partial charge in [-0.05, 0) is 69.4 Å². The highest BCUT2D eigenvalue weighted by Crippen LogP contribution is 2.30. The average Bonchev–Trinajstić information content (AvgIpc) is 2.70. The second-order valence-electron chi connectivity index (χ2n) is 8.48. The van der Waals surface area contributed by atoms with E-state index in [1.807, 2.05) is 70.2 Å². The molecule has 1 aliphatic heterocycles. The van der Waals surface area contributed by atoms with E-state index >= 15 is 0 Å². The standard InChI is InChI=1S/C24H31N3O2/c1-17-6-9-20(10-7-17)15-25-22(28)24(4)12-5-13-27(16-24)23(29)26-21-11-8-18(2)19(3)14-21/h6-11,14H,5,12-13,15-16H2,1-4H3,(H,25,28)(H,26,29). The van der Waals surface area contributed by atoms with Crippen molar-refractivity contribution in [2.24, 2.45) is 5.41 Å². The van der Waals surface area contributed by atoms with Gasteiger partial charge in [0.2, 0.25) is 5.91 Å². The van der Waals surface area contributed by atoms with Crippen LogP contribution in [0.3, 0.4) is 0 Å². The monoisotopic (exact) mass is 393 g/mol. The number of urea groups is 1. The molecule has 1 saturated heterocycles. The topological polar surface area (TPSA) is 61.4 Å². The van der Waals surface area contributed by atoms with Crippen molar-refractivity contribution in [3.05, 3.63) is 64.7 Å². The van der Waals surface area contributed by atoms with Gasteiger partial charge < -0.3 is 15.5 Å². The number of anilines is 1. The average molecular weight is 394 g/mol. The fourth-order valence-corrected chi connectivity index (χ4v) is 3.72. The lowest BCUT2D eigenvalue weighted by Gasteiger charge is -2.39. The van der Waals surface area contributed by atoms with Gasteiger partial charge in [-0.2, -0.15) is 0 Å². The summed E-state index contributed by atoms with van der Waals surface area (Å²) in [5, 5.41) is 6.03. The first kappa shape index (κ1) is 20.9. The molecule has 5 nitrogen and oxygen atoms in total. The highest BCUT2D eigenvalue weighted by atomic mass is 16.2. The number of benzene rings is 2. The summed E-state index contributed by atoms with van der Waals surface area (Å²) in [7, 11) is 0. The molecule has 0 aliphatic carbocycles. The SMILES string of the molecule is Cc1ccc(CNC(=O)C2(C)CCCN(C(=O)Nc3ccc(C)c(C)c3)C2)cc1. The minimum atomic E-state index is -0.580. The third kappa shape index (κ3) is 5.17. The van der Waals surface area contributed by atoms with Crippen LogP contribution in [0.2, 0.25) is 0 Å². The van der Waals surface area contributed by atoms with Crippen molar-refractivity contribution in [2.75, 3.05) is 18.4 Å². The van der Waals surface area contributed by atoms with Gasteiger partial charge in [-0.15, -0.1) is 0 Å². The Morgan fingerprint density at radius 3 is 2.45 bits per heavy atom. The molecular weight excluding hydrogens is 362 g/mol. The molecule has 154 valence electrons. The lowest BCUT2D eigenvalue weighted by molar-refractivity contribution is -0.132. The fraction of sp³-hybridized carbons (Fsp3) is 0.417. The molecule has 1 unspecified atom stereocenters. The summed E-state index contributed by atoms with van der Waals surface area (Å²) in [6.07, 6.45) is 1.59. The second-order valence-corrected chi connectivity index (χ2v) is 8.48. The van der Waals surface area contributed by atoms with E-state index in [1.165, 1.54) is 11.1 Å².